The quantitative estimate of drug-likeness (QED) is 0.847. The highest BCUT2D eigenvalue weighted by molar-refractivity contribution is 9.10. The van der Waals surface area contributed by atoms with Gasteiger partial charge in [-0.05, 0) is 34.9 Å². The smallest absolute Gasteiger partial charge is 0.376 e. The van der Waals surface area contributed by atoms with Gasteiger partial charge >= 0.3 is 7.05 Å². The van der Waals surface area contributed by atoms with Gasteiger partial charge in [0.15, 0.2) is 0 Å². The molecule has 0 aromatic carbocycles. The molecule has 0 bridgehead atoms. The summed E-state index contributed by atoms with van der Waals surface area (Å²) in [6, 6.07) is 4.14. The van der Waals surface area contributed by atoms with Crippen LogP contribution in [-0.4, -0.2) is 52.7 Å². The lowest BCUT2D eigenvalue weighted by molar-refractivity contribution is 0.345. The molecule has 100 valence electrons. The van der Waals surface area contributed by atoms with Crippen LogP contribution in [0.1, 0.15) is 0 Å². The summed E-state index contributed by atoms with van der Waals surface area (Å²) in [6.07, 6.45) is 3.79. The monoisotopic (exact) mass is 322 g/mol. The molecule has 1 aliphatic rings. The molecule has 0 aliphatic carbocycles. The maximum atomic E-state index is 9.60. The largest absolute Gasteiger partial charge is 0.437 e. The lowest BCUT2D eigenvalue weighted by Crippen LogP contribution is -2.51. The third-order valence-electron chi connectivity index (χ3n) is 3.64. The number of anilines is 1. The van der Waals surface area contributed by atoms with Crippen molar-refractivity contribution in [3.63, 3.8) is 0 Å². The van der Waals surface area contributed by atoms with E-state index in [0.29, 0.717) is 0 Å². The SMILES string of the molecule is CB(O)N1CCN(c2ccnn3cc(Br)cc23)CC1. The standard InChI is InChI=1S/C12H16BBrN4O/c1-13(19)17-6-4-16(5-7-17)11-2-3-15-18-9-10(14)8-12(11)18/h2-3,8-9,19H,4-7H2,1H3. The normalized spacial score (nSPS) is 17.1. The van der Waals surface area contributed by atoms with Crippen molar-refractivity contribution in [1.82, 2.24) is 14.4 Å². The second-order valence-electron chi connectivity index (χ2n) is 4.86. The Morgan fingerprint density at radius 2 is 2.05 bits per heavy atom. The van der Waals surface area contributed by atoms with Gasteiger partial charge in [-0.1, -0.05) is 0 Å². The fourth-order valence-electron chi connectivity index (χ4n) is 2.57. The van der Waals surface area contributed by atoms with Crippen LogP contribution in [0.5, 0.6) is 0 Å². The number of aromatic nitrogens is 2. The fourth-order valence-corrected chi connectivity index (χ4v) is 2.98. The number of hydrogen-bond donors (Lipinski definition) is 1. The van der Waals surface area contributed by atoms with Gasteiger partial charge in [0.25, 0.3) is 0 Å². The summed E-state index contributed by atoms with van der Waals surface area (Å²) in [4.78, 5) is 4.44. The number of fused-ring (bicyclic) bond motifs is 1. The van der Waals surface area contributed by atoms with Crippen LogP contribution in [0.2, 0.25) is 6.82 Å². The van der Waals surface area contributed by atoms with Crippen molar-refractivity contribution in [3.05, 3.63) is 29.0 Å². The molecule has 0 saturated carbocycles. The molecule has 1 saturated heterocycles. The molecule has 0 amide bonds. The van der Waals surface area contributed by atoms with Crippen LogP contribution in [0.3, 0.4) is 0 Å². The molecule has 1 aliphatic heterocycles. The van der Waals surface area contributed by atoms with Gasteiger partial charge in [0.2, 0.25) is 0 Å². The maximum Gasteiger partial charge on any atom is 0.376 e. The second kappa shape index (κ2) is 5.15. The second-order valence-corrected chi connectivity index (χ2v) is 5.78. The minimum atomic E-state index is -0.359. The first-order chi connectivity index (χ1) is 9.15. The van der Waals surface area contributed by atoms with E-state index in [0.717, 1.165) is 36.2 Å². The Balaban J connectivity index is 1.85. The van der Waals surface area contributed by atoms with E-state index in [-0.39, 0.29) is 7.05 Å². The molecule has 5 nitrogen and oxygen atoms in total. The summed E-state index contributed by atoms with van der Waals surface area (Å²) in [5.41, 5.74) is 2.31. The van der Waals surface area contributed by atoms with Crippen molar-refractivity contribution in [3.8, 4) is 0 Å². The van der Waals surface area contributed by atoms with Crippen LogP contribution in [0.25, 0.3) is 5.52 Å². The van der Waals surface area contributed by atoms with E-state index >= 15 is 0 Å². The molecular weight excluding hydrogens is 307 g/mol. The van der Waals surface area contributed by atoms with Crippen LogP contribution in [0, 0.1) is 0 Å². The van der Waals surface area contributed by atoms with Gasteiger partial charge in [-0.25, -0.2) is 4.52 Å². The Labute approximate surface area is 121 Å². The van der Waals surface area contributed by atoms with Crippen LogP contribution in [-0.2, 0) is 0 Å². The summed E-state index contributed by atoms with van der Waals surface area (Å²) in [5.74, 6) is 0. The van der Waals surface area contributed by atoms with Crippen molar-refractivity contribution in [2.24, 2.45) is 0 Å². The molecule has 7 heteroatoms. The van der Waals surface area contributed by atoms with Gasteiger partial charge in [0.05, 0.1) is 11.2 Å². The average molecular weight is 323 g/mol. The first-order valence-corrected chi connectivity index (χ1v) is 7.24. The molecule has 2 aromatic heterocycles. The van der Waals surface area contributed by atoms with E-state index in [1.54, 1.807) is 0 Å². The van der Waals surface area contributed by atoms with Gasteiger partial charge in [0.1, 0.15) is 0 Å². The lowest BCUT2D eigenvalue weighted by atomic mass is 9.84. The van der Waals surface area contributed by atoms with E-state index in [9.17, 15) is 5.02 Å². The molecule has 19 heavy (non-hydrogen) atoms. The Hall–Kier alpha value is -1.05. The summed E-state index contributed by atoms with van der Waals surface area (Å²) in [5, 5.41) is 13.9. The average Bonchev–Trinajstić information content (AvgIpc) is 2.78. The topological polar surface area (TPSA) is 44.0 Å². The Morgan fingerprint density at radius 3 is 2.74 bits per heavy atom. The first-order valence-electron chi connectivity index (χ1n) is 6.45. The lowest BCUT2D eigenvalue weighted by Gasteiger charge is -2.36. The van der Waals surface area contributed by atoms with E-state index in [1.165, 1.54) is 5.69 Å². The molecule has 3 heterocycles. The van der Waals surface area contributed by atoms with Crippen LogP contribution in [0.15, 0.2) is 29.0 Å². The third-order valence-corrected chi connectivity index (χ3v) is 4.07. The zero-order valence-electron chi connectivity index (χ0n) is 10.8. The van der Waals surface area contributed by atoms with Crippen LogP contribution >= 0.6 is 15.9 Å². The first kappa shape index (κ1) is 13.0. The van der Waals surface area contributed by atoms with Crippen molar-refractivity contribution in [1.29, 1.82) is 0 Å². The van der Waals surface area contributed by atoms with E-state index in [4.69, 9.17) is 0 Å². The zero-order chi connectivity index (χ0) is 13.4. The highest BCUT2D eigenvalue weighted by Crippen LogP contribution is 2.25. The van der Waals surface area contributed by atoms with E-state index in [2.05, 4.69) is 42.9 Å². The highest BCUT2D eigenvalue weighted by Gasteiger charge is 2.23. The molecule has 0 unspecified atom stereocenters. The van der Waals surface area contributed by atoms with Crippen molar-refractivity contribution < 1.29 is 5.02 Å². The number of halogens is 1. The molecule has 1 N–H and O–H groups in total. The molecule has 0 atom stereocenters. The predicted octanol–water partition coefficient (Wildman–Crippen LogP) is 1.33. The van der Waals surface area contributed by atoms with Crippen LogP contribution in [0.4, 0.5) is 5.69 Å². The summed E-state index contributed by atoms with van der Waals surface area (Å²) >= 11 is 3.49. The van der Waals surface area contributed by atoms with Crippen molar-refractivity contribution in [2.45, 2.75) is 6.82 Å². The molecule has 2 aromatic rings. The summed E-state index contributed by atoms with van der Waals surface area (Å²) in [7, 11) is -0.359. The number of rotatable bonds is 2. The van der Waals surface area contributed by atoms with Crippen LogP contribution < -0.4 is 4.90 Å². The summed E-state index contributed by atoms with van der Waals surface area (Å²) < 4.78 is 2.93. The molecule has 3 rings (SSSR count). The number of nitrogens with zero attached hydrogens (tertiary/aromatic N) is 4. The molecule has 1 fully saturated rings. The number of hydrogen-bond acceptors (Lipinski definition) is 4. The van der Waals surface area contributed by atoms with Gasteiger partial charge in [-0.15, -0.1) is 0 Å². The molecular formula is C12H16BBrN4O. The Morgan fingerprint density at radius 1 is 1.32 bits per heavy atom. The molecule has 0 radical (unpaired) electrons. The highest BCUT2D eigenvalue weighted by atomic mass is 79.9. The zero-order valence-corrected chi connectivity index (χ0v) is 12.4. The van der Waals surface area contributed by atoms with Gasteiger partial charge in [-0.3, -0.25) is 0 Å². The third kappa shape index (κ3) is 2.50. The Kier molecular flexibility index (Phi) is 3.51. The Bertz CT molecular complexity index is 580. The van der Waals surface area contributed by atoms with Gasteiger partial charge in [0, 0.05) is 43.0 Å². The molecule has 0 spiro atoms. The van der Waals surface area contributed by atoms with E-state index < -0.39 is 0 Å². The van der Waals surface area contributed by atoms with Crippen molar-refractivity contribution in [2.75, 3.05) is 31.1 Å². The number of piperazine rings is 1. The fraction of sp³-hybridized carbons (Fsp3) is 0.417. The predicted molar refractivity (Wildman–Crippen MR) is 80.5 cm³/mol. The summed E-state index contributed by atoms with van der Waals surface area (Å²) in [6.45, 7) is 5.44. The maximum absolute atomic E-state index is 9.60. The van der Waals surface area contributed by atoms with Crippen molar-refractivity contribution >= 4 is 34.2 Å². The van der Waals surface area contributed by atoms with Gasteiger partial charge < -0.3 is 14.7 Å². The van der Waals surface area contributed by atoms with Gasteiger partial charge in [-0.2, -0.15) is 5.10 Å². The minimum Gasteiger partial charge on any atom is -0.437 e. The van der Waals surface area contributed by atoms with E-state index in [1.807, 2.05) is 23.7 Å². The minimum absolute atomic E-state index is 0.359.